The SMILES string of the molecule is Cc1cc(N)nc(C)c1CNc1ncc2ccn(Cc3ccc4ccccc4c3)c2n1. The van der Waals surface area contributed by atoms with Crippen LogP contribution < -0.4 is 11.1 Å². The molecule has 0 saturated carbocycles. The van der Waals surface area contributed by atoms with Crippen LogP contribution in [0, 0.1) is 13.8 Å². The molecule has 3 aromatic heterocycles. The van der Waals surface area contributed by atoms with Crippen LogP contribution in [0.25, 0.3) is 21.8 Å². The van der Waals surface area contributed by atoms with E-state index in [4.69, 9.17) is 10.7 Å². The van der Waals surface area contributed by atoms with Crippen molar-refractivity contribution in [2.45, 2.75) is 26.9 Å². The Hall–Kier alpha value is -3.93. The van der Waals surface area contributed by atoms with Crippen molar-refractivity contribution in [2.75, 3.05) is 11.1 Å². The normalized spacial score (nSPS) is 11.3. The first-order valence-electron chi connectivity index (χ1n) is 10.3. The minimum Gasteiger partial charge on any atom is -0.384 e. The molecule has 154 valence electrons. The van der Waals surface area contributed by atoms with Crippen molar-refractivity contribution in [3.8, 4) is 0 Å². The Kier molecular flexibility index (Phi) is 4.75. The number of fused-ring (bicyclic) bond motifs is 2. The third-order valence-corrected chi connectivity index (χ3v) is 5.67. The van der Waals surface area contributed by atoms with Gasteiger partial charge >= 0.3 is 0 Å². The van der Waals surface area contributed by atoms with Crippen LogP contribution in [0.4, 0.5) is 11.8 Å². The molecule has 2 aromatic carbocycles. The quantitative estimate of drug-likeness (QED) is 0.435. The van der Waals surface area contributed by atoms with Crippen LogP contribution >= 0.6 is 0 Å². The molecule has 3 heterocycles. The van der Waals surface area contributed by atoms with Crippen LogP contribution in [0.2, 0.25) is 0 Å². The summed E-state index contributed by atoms with van der Waals surface area (Å²) in [6.45, 7) is 5.37. The first-order valence-corrected chi connectivity index (χ1v) is 10.3. The molecule has 0 bridgehead atoms. The van der Waals surface area contributed by atoms with Crippen molar-refractivity contribution in [3.05, 3.63) is 89.4 Å². The Morgan fingerprint density at radius 2 is 1.77 bits per heavy atom. The topological polar surface area (TPSA) is 81.6 Å². The summed E-state index contributed by atoms with van der Waals surface area (Å²) in [6, 6.07) is 18.9. The highest BCUT2D eigenvalue weighted by atomic mass is 15.1. The van der Waals surface area contributed by atoms with E-state index in [1.807, 2.05) is 26.1 Å². The minimum absolute atomic E-state index is 0.544. The summed E-state index contributed by atoms with van der Waals surface area (Å²) in [5.41, 5.74) is 11.1. The molecule has 3 N–H and O–H groups in total. The zero-order chi connectivity index (χ0) is 21.4. The van der Waals surface area contributed by atoms with Gasteiger partial charge in [-0.2, -0.15) is 4.98 Å². The second-order valence-electron chi connectivity index (χ2n) is 7.88. The van der Waals surface area contributed by atoms with Gasteiger partial charge in [0.1, 0.15) is 11.5 Å². The van der Waals surface area contributed by atoms with Gasteiger partial charge in [0.2, 0.25) is 5.95 Å². The Bertz CT molecular complexity index is 1380. The lowest BCUT2D eigenvalue weighted by Gasteiger charge is -2.12. The van der Waals surface area contributed by atoms with Crippen LogP contribution in [-0.4, -0.2) is 19.5 Å². The van der Waals surface area contributed by atoms with Gasteiger partial charge in [0, 0.05) is 36.6 Å². The number of aryl methyl sites for hydroxylation is 2. The molecule has 0 fully saturated rings. The number of hydrogen-bond donors (Lipinski definition) is 2. The molecule has 0 unspecified atom stereocenters. The summed E-state index contributed by atoms with van der Waals surface area (Å²) < 4.78 is 2.16. The zero-order valence-corrected chi connectivity index (χ0v) is 17.6. The number of rotatable bonds is 5. The summed E-state index contributed by atoms with van der Waals surface area (Å²) in [6.07, 6.45) is 3.93. The van der Waals surface area contributed by atoms with E-state index in [2.05, 4.69) is 74.6 Å². The molecular weight excluding hydrogens is 384 g/mol. The second-order valence-corrected chi connectivity index (χ2v) is 7.88. The van der Waals surface area contributed by atoms with E-state index in [9.17, 15) is 0 Å². The fourth-order valence-electron chi connectivity index (χ4n) is 4.04. The van der Waals surface area contributed by atoms with Crippen molar-refractivity contribution >= 4 is 33.6 Å². The van der Waals surface area contributed by atoms with Crippen molar-refractivity contribution < 1.29 is 0 Å². The van der Waals surface area contributed by atoms with Crippen molar-refractivity contribution in [1.29, 1.82) is 0 Å². The van der Waals surface area contributed by atoms with Gasteiger partial charge in [0.25, 0.3) is 0 Å². The van der Waals surface area contributed by atoms with E-state index in [0.717, 1.165) is 34.4 Å². The van der Waals surface area contributed by atoms with Crippen LogP contribution in [0.1, 0.15) is 22.4 Å². The number of nitrogens with zero attached hydrogens (tertiary/aromatic N) is 4. The Morgan fingerprint density at radius 3 is 2.61 bits per heavy atom. The first kappa shape index (κ1) is 19.1. The molecule has 5 aromatic rings. The lowest BCUT2D eigenvalue weighted by Crippen LogP contribution is -2.09. The number of aromatic nitrogens is 4. The average Bonchev–Trinajstić information content (AvgIpc) is 3.15. The second kappa shape index (κ2) is 7.72. The van der Waals surface area contributed by atoms with E-state index >= 15 is 0 Å². The van der Waals surface area contributed by atoms with E-state index in [0.29, 0.717) is 18.3 Å². The van der Waals surface area contributed by atoms with Crippen molar-refractivity contribution in [2.24, 2.45) is 0 Å². The molecule has 0 radical (unpaired) electrons. The highest BCUT2D eigenvalue weighted by Crippen LogP contribution is 2.21. The minimum atomic E-state index is 0.544. The number of benzene rings is 2. The molecule has 0 amide bonds. The van der Waals surface area contributed by atoms with Gasteiger partial charge in [-0.15, -0.1) is 0 Å². The number of pyridine rings is 1. The lowest BCUT2D eigenvalue weighted by atomic mass is 10.1. The van der Waals surface area contributed by atoms with Gasteiger partial charge in [-0.25, -0.2) is 9.97 Å². The third-order valence-electron chi connectivity index (χ3n) is 5.67. The third kappa shape index (κ3) is 3.80. The predicted molar refractivity (Wildman–Crippen MR) is 126 cm³/mol. The molecule has 0 aliphatic rings. The van der Waals surface area contributed by atoms with Gasteiger partial charge in [0.15, 0.2) is 0 Å². The van der Waals surface area contributed by atoms with E-state index in [1.165, 1.54) is 16.3 Å². The number of hydrogen-bond acceptors (Lipinski definition) is 5. The van der Waals surface area contributed by atoms with Gasteiger partial charge < -0.3 is 15.6 Å². The molecule has 0 atom stereocenters. The van der Waals surface area contributed by atoms with Gasteiger partial charge in [0.05, 0.1) is 0 Å². The summed E-state index contributed by atoms with van der Waals surface area (Å²) in [4.78, 5) is 13.6. The summed E-state index contributed by atoms with van der Waals surface area (Å²) >= 11 is 0. The molecule has 6 nitrogen and oxygen atoms in total. The summed E-state index contributed by atoms with van der Waals surface area (Å²) in [5, 5.41) is 6.86. The Balaban J connectivity index is 1.40. The predicted octanol–water partition coefficient (Wildman–Crippen LogP) is 4.84. The smallest absolute Gasteiger partial charge is 0.224 e. The van der Waals surface area contributed by atoms with Crippen molar-refractivity contribution in [3.63, 3.8) is 0 Å². The lowest BCUT2D eigenvalue weighted by molar-refractivity contribution is 0.824. The van der Waals surface area contributed by atoms with Crippen LogP contribution in [0.15, 0.2) is 67.0 Å². The summed E-state index contributed by atoms with van der Waals surface area (Å²) in [7, 11) is 0. The number of nitrogens with two attached hydrogens (primary N) is 1. The fourth-order valence-corrected chi connectivity index (χ4v) is 4.04. The average molecular weight is 409 g/mol. The molecule has 0 saturated heterocycles. The van der Waals surface area contributed by atoms with E-state index < -0.39 is 0 Å². The number of nitrogen functional groups attached to an aromatic ring is 1. The highest BCUT2D eigenvalue weighted by molar-refractivity contribution is 5.83. The summed E-state index contributed by atoms with van der Waals surface area (Å²) in [5.74, 6) is 1.14. The van der Waals surface area contributed by atoms with Crippen LogP contribution in [-0.2, 0) is 13.1 Å². The monoisotopic (exact) mass is 408 g/mol. The number of nitrogens with one attached hydrogen (secondary N) is 1. The first-order chi connectivity index (χ1) is 15.1. The highest BCUT2D eigenvalue weighted by Gasteiger charge is 2.09. The molecule has 31 heavy (non-hydrogen) atoms. The van der Waals surface area contributed by atoms with Gasteiger partial charge in [-0.1, -0.05) is 36.4 Å². The van der Waals surface area contributed by atoms with Gasteiger partial charge in [-0.05, 0) is 59.5 Å². The maximum Gasteiger partial charge on any atom is 0.224 e. The largest absolute Gasteiger partial charge is 0.384 e. The molecule has 6 heteroatoms. The standard InChI is InChI=1S/C25H24N6/c1-16-11-23(26)29-17(2)22(16)14-28-25-27-13-21-9-10-31(24(21)30-25)15-18-7-8-19-5-3-4-6-20(19)12-18/h3-13H,14-15H2,1-2H3,(H2,26,29)(H,27,28,30). The Labute approximate surface area is 180 Å². The molecule has 0 aliphatic heterocycles. The van der Waals surface area contributed by atoms with Crippen LogP contribution in [0.5, 0.6) is 0 Å². The fraction of sp³-hybridized carbons (Fsp3) is 0.160. The maximum absolute atomic E-state index is 5.84. The molecule has 5 rings (SSSR count). The van der Waals surface area contributed by atoms with Crippen molar-refractivity contribution in [1.82, 2.24) is 19.5 Å². The number of anilines is 2. The molecule has 0 aliphatic carbocycles. The molecule has 0 spiro atoms. The molecular formula is C25H24N6. The van der Waals surface area contributed by atoms with Gasteiger partial charge in [-0.3, -0.25) is 0 Å². The Morgan fingerprint density at radius 1 is 0.935 bits per heavy atom. The van der Waals surface area contributed by atoms with Crippen LogP contribution in [0.3, 0.4) is 0 Å². The maximum atomic E-state index is 5.84. The zero-order valence-electron chi connectivity index (χ0n) is 17.6. The van der Waals surface area contributed by atoms with E-state index in [-0.39, 0.29) is 0 Å². The van der Waals surface area contributed by atoms with E-state index in [1.54, 1.807) is 0 Å².